The summed E-state index contributed by atoms with van der Waals surface area (Å²) in [7, 11) is 0. The molecule has 1 aliphatic rings. The van der Waals surface area contributed by atoms with Crippen molar-refractivity contribution >= 4 is 34.6 Å². The molecule has 0 aliphatic heterocycles. The highest BCUT2D eigenvalue weighted by Crippen LogP contribution is 2.29. The van der Waals surface area contributed by atoms with Gasteiger partial charge in [0.05, 0.1) is 11.0 Å². The van der Waals surface area contributed by atoms with Gasteiger partial charge in [-0.1, -0.05) is 24.4 Å². The molecule has 7 nitrogen and oxygen atoms in total. The van der Waals surface area contributed by atoms with Gasteiger partial charge in [-0.2, -0.15) is 0 Å². The van der Waals surface area contributed by atoms with E-state index >= 15 is 0 Å². The monoisotopic (exact) mass is 363 g/mol. The fourth-order valence-electron chi connectivity index (χ4n) is 3.28. The maximum Gasteiger partial charge on any atom is 0.315 e. The molecular weight excluding hydrogens is 342 g/mol. The Labute approximate surface area is 150 Å². The molecule has 0 saturated heterocycles. The summed E-state index contributed by atoms with van der Waals surface area (Å²) in [5, 5.41) is 6.20. The Hall–Kier alpha value is -2.28. The van der Waals surface area contributed by atoms with Crippen molar-refractivity contribution in [2.24, 2.45) is 5.73 Å². The topological polar surface area (TPSA) is 113 Å². The van der Waals surface area contributed by atoms with Crippen molar-refractivity contribution in [1.29, 1.82) is 0 Å². The lowest BCUT2D eigenvalue weighted by Crippen LogP contribution is -2.58. The van der Waals surface area contributed by atoms with Gasteiger partial charge < -0.3 is 21.4 Å². The van der Waals surface area contributed by atoms with Gasteiger partial charge in [0.15, 0.2) is 0 Å². The van der Waals surface area contributed by atoms with E-state index < -0.39 is 11.4 Å². The Morgan fingerprint density at radius 2 is 2.08 bits per heavy atom. The van der Waals surface area contributed by atoms with E-state index in [-0.39, 0.29) is 6.03 Å². The first-order chi connectivity index (χ1) is 12.0. The minimum atomic E-state index is -0.887. The lowest BCUT2D eigenvalue weighted by Gasteiger charge is -2.26. The Morgan fingerprint density at radius 1 is 1.32 bits per heavy atom. The summed E-state index contributed by atoms with van der Waals surface area (Å²) in [4.78, 5) is 31.4. The molecular formula is C17H22ClN5O2. The van der Waals surface area contributed by atoms with E-state index in [0.29, 0.717) is 30.8 Å². The Bertz CT molecular complexity index is 782. The van der Waals surface area contributed by atoms with Crippen LogP contribution < -0.4 is 16.4 Å². The highest BCUT2D eigenvalue weighted by Gasteiger charge is 2.40. The van der Waals surface area contributed by atoms with E-state index in [4.69, 9.17) is 17.3 Å². The van der Waals surface area contributed by atoms with E-state index in [1.165, 1.54) is 0 Å². The van der Waals surface area contributed by atoms with E-state index in [1.54, 1.807) is 6.07 Å². The predicted molar refractivity (Wildman–Crippen MR) is 96.4 cm³/mol. The van der Waals surface area contributed by atoms with Crippen LogP contribution in [0.2, 0.25) is 5.02 Å². The standard InChI is InChI=1S/C17H22ClN5O2/c18-11-5-6-12-13(10-11)22-14(21-12)4-3-9-20-16(25)23-17(15(19)24)7-1-2-8-17/h5-6,10H,1-4,7-9H2,(H2,19,24)(H,21,22)(H2,20,23,25). The van der Waals surface area contributed by atoms with Crippen LogP contribution in [0.1, 0.15) is 37.9 Å². The molecule has 2 aromatic rings. The number of primary amides is 1. The van der Waals surface area contributed by atoms with Crippen LogP contribution in [-0.4, -0.2) is 34.0 Å². The highest BCUT2D eigenvalue weighted by molar-refractivity contribution is 6.31. The van der Waals surface area contributed by atoms with Crippen LogP contribution in [0.4, 0.5) is 4.79 Å². The summed E-state index contributed by atoms with van der Waals surface area (Å²) in [6.45, 7) is 0.485. The smallest absolute Gasteiger partial charge is 0.315 e. The number of rotatable bonds is 6. The summed E-state index contributed by atoms with van der Waals surface area (Å²) in [6.07, 6.45) is 4.45. The number of nitrogens with one attached hydrogen (secondary N) is 3. The number of amides is 3. The number of hydrogen-bond donors (Lipinski definition) is 4. The summed E-state index contributed by atoms with van der Waals surface area (Å²) in [5.74, 6) is 0.393. The van der Waals surface area contributed by atoms with Crippen LogP contribution in [0.5, 0.6) is 0 Å². The molecule has 1 heterocycles. The van der Waals surface area contributed by atoms with Crippen molar-refractivity contribution in [2.45, 2.75) is 44.1 Å². The molecule has 0 radical (unpaired) electrons. The highest BCUT2D eigenvalue weighted by atomic mass is 35.5. The summed E-state index contributed by atoms with van der Waals surface area (Å²) < 4.78 is 0. The molecule has 0 spiro atoms. The zero-order valence-corrected chi connectivity index (χ0v) is 14.7. The maximum absolute atomic E-state index is 12.0. The molecule has 134 valence electrons. The van der Waals surface area contributed by atoms with Crippen molar-refractivity contribution in [1.82, 2.24) is 20.6 Å². The van der Waals surface area contributed by atoms with E-state index in [1.807, 2.05) is 12.1 Å². The first kappa shape index (κ1) is 17.5. The Kier molecular flexibility index (Phi) is 5.13. The van der Waals surface area contributed by atoms with Gasteiger partial charge in [-0.25, -0.2) is 9.78 Å². The van der Waals surface area contributed by atoms with Crippen molar-refractivity contribution in [2.75, 3.05) is 6.54 Å². The van der Waals surface area contributed by atoms with E-state index in [9.17, 15) is 9.59 Å². The zero-order valence-electron chi connectivity index (χ0n) is 13.9. The summed E-state index contributed by atoms with van der Waals surface area (Å²) >= 11 is 5.96. The molecule has 5 N–H and O–H groups in total. The number of fused-ring (bicyclic) bond motifs is 1. The molecule has 1 aliphatic carbocycles. The lowest BCUT2D eigenvalue weighted by atomic mass is 9.97. The number of halogens is 1. The minimum Gasteiger partial charge on any atom is -0.368 e. The first-order valence-electron chi connectivity index (χ1n) is 8.49. The Morgan fingerprint density at radius 3 is 2.80 bits per heavy atom. The van der Waals surface area contributed by atoms with Crippen molar-refractivity contribution < 1.29 is 9.59 Å². The quantitative estimate of drug-likeness (QED) is 0.590. The third kappa shape index (κ3) is 4.04. The Balaban J connectivity index is 1.46. The van der Waals surface area contributed by atoms with Crippen LogP contribution in [0.3, 0.4) is 0 Å². The number of carbonyl (C=O) groups is 2. The van der Waals surface area contributed by atoms with Gasteiger partial charge in [-0.15, -0.1) is 0 Å². The average Bonchev–Trinajstić information content (AvgIpc) is 3.18. The molecule has 1 aromatic carbocycles. The number of benzene rings is 1. The fourth-order valence-corrected chi connectivity index (χ4v) is 3.46. The number of urea groups is 1. The second kappa shape index (κ2) is 7.31. The number of nitrogens with zero attached hydrogens (tertiary/aromatic N) is 1. The van der Waals surface area contributed by atoms with Gasteiger partial charge in [0.1, 0.15) is 11.4 Å². The third-order valence-electron chi connectivity index (χ3n) is 4.65. The third-order valence-corrected chi connectivity index (χ3v) is 4.89. The molecule has 25 heavy (non-hydrogen) atoms. The molecule has 3 rings (SSSR count). The van der Waals surface area contributed by atoms with Gasteiger partial charge in [0.2, 0.25) is 5.91 Å². The van der Waals surface area contributed by atoms with Gasteiger partial charge in [-0.05, 0) is 37.5 Å². The van der Waals surface area contributed by atoms with Crippen molar-refractivity contribution in [3.05, 3.63) is 29.0 Å². The number of imidazole rings is 1. The zero-order chi connectivity index (χ0) is 17.9. The summed E-state index contributed by atoms with van der Waals surface area (Å²) in [6, 6.07) is 5.16. The van der Waals surface area contributed by atoms with Crippen LogP contribution >= 0.6 is 11.6 Å². The van der Waals surface area contributed by atoms with Crippen LogP contribution in [0, 0.1) is 0 Å². The van der Waals surface area contributed by atoms with Gasteiger partial charge in [0.25, 0.3) is 0 Å². The van der Waals surface area contributed by atoms with E-state index in [0.717, 1.165) is 36.1 Å². The molecule has 3 amide bonds. The normalized spacial score (nSPS) is 16.0. The van der Waals surface area contributed by atoms with E-state index in [2.05, 4.69) is 20.6 Å². The van der Waals surface area contributed by atoms with Crippen LogP contribution in [0.15, 0.2) is 18.2 Å². The molecule has 1 aromatic heterocycles. The largest absolute Gasteiger partial charge is 0.368 e. The number of carbonyl (C=O) groups excluding carboxylic acids is 2. The van der Waals surface area contributed by atoms with Gasteiger partial charge in [-0.3, -0.25) is 4.79 Å². The second-order valence-electron chi connectivity index (χ2n) is 6.48. The molecule has 1 fully saturated rings. The average molecular weight is 364 g/mol. The number of aromatic nitrogens is 2. The molecule has 8 heteroatoms. The van der Waals surface area contributed by atoms with Gasteiger partial charge in [0, 0.05) is 18.0 Å². The van der Waals surface area contributed by atoms with Crippen molar-refractivity contribution in [3.8, 4) is 0 Å². The van der Waals surface area contributed by atoms with Crippen LogP contribution in [0.25, 0.3) is 11.0 Å². The molecule has 1 saturated carbocycles. The number of aryl methyl sites for hydroxylation is 1. The van der Waals surface area contributed by atoms with Crippen LogP contribution in [-0.2, 0) is 11.2 Å². The maximum atomic E-state index is 12.0. The van der Waals surface area contributed by atoms with Crippen molar-refractivity contribution in [3.63, 3.8) is 0 Å². The second-order valence-corrected chi connectivity index (χ2v) is 6.92. The van der Waals surface area contributed by atoms with Gasteiger partial charge >= 0.3 is 6.03 Å². The molecule has 0 unspecified atom stereocenters. The predicted octanol–water partition coefficient (Wildman–Crippen LogP) is 2.25. The molecule has 0 atom stereocenters. The number of nitrogens with two attached hydrogens (primary N) is 1. The molecule has 0 bridgehead atoms. The first-order valence-corrected chi connectivity index (χ1v) is 8.86. The minimum absolute atomic E-state index is 0.350. The lowest BCUT2D eigenvalue weighted by molar-refractivity contribution is -0.123. The SMILES string of the molecule is NC(=O)C1(NC(=O)NCCCc2nc3ccc(Cl)cc3[nH]2)CCCC1. The summed E-state index contributed by atoms with van der Waals surface area (Å²) in [5.41, 5.74) is 6.34. The number of H-pyrrole nitrogens is 1. The fraction of sp³-hybridized carbons (Fsp3) is 0.471. The number of hydrogen-bond acceptors (Lipinski definition) is 3. The number of aromatic amines is 1.